The van der Waals surface area contributed by atoms with E-state index in [9.17, 15) is 14.7 Å². The minimum atomic E-state index is -0.866. The van der Waals surface area contributed by atoms with Crippen molar-refractivity contribution in [2.75, 3.05) is 6.61 Å². The number of nitrogens with one attached hydrogen (secondary N) is 1. The van der Waals surface area contributed by atoms with Crippen molar-refractivity contribution in [2.45, 2.75) is 38.1 Å². The van der Waals surface area contributed by atoms with E-state index in [1.807, 2.05) is 24.3 Å². The summed E-state index contributed by atoms with van der Waals surface area (Å²) in [5.41, 5.74) is 0.0132. The molecule has 0 bridgehead atoms. The van der Waals surface area contributed by atoms with Crippen molar-refractivity contribution in [1.82, 2.24) is 5.32 Å². The molecule has 1 aromatic carbocycles. The standard InChI is InChI=1S/C16H19NO4/c1-16(15(19)20)8-4-7-13(16)17-14(18)11-9-21-12-6-3-2-5-10(11)12/h2-3,5-6,11,13H,4,7-9H2,1H3,(H,17,18)(H,19,20). The number of carbonyl (C=O) groups is 2. The molecule has 2 N–H and O–H groups in total. The van der Waals surface area contributed by atoms with E-state index in [0.29, 0.717) is 19.4 Å². The first-order valence-corrected chi connectivity index (χ1v) is 7.28. The molecule has 1 saturated carbocycles. The van der Waals surface area contributed by atoms with Crippen LogP contribution in [0.3, 0.4) is 0 Å². The van der Waals surface area contributed by atoms with Gasteiger partial charge in [0, 0.05) is 11.6 Å². The molecule has 2 aliphatic rings. The lowest BCUT2D eigenvalue weighted by Crippen LogP contribution is -2.48. The van der Waals surface area contributed by atoms with Gasteiger partial charge < -0.3 is 15.2 Å². The number of ether oxygens (including phenoxy) is 1. The second-order valence-electron chi connectivity index (χ2n) is 6.08. The van der Waals surface area contributed by atoms with Crippen LogP contribution in [-0.2, 0) is 9.59 Å². The van der Waals surface area contributed by atoms with Crippen molar-refractivity contribution in [1.29, 1.82) is 0 Å². The molecular weight excluding hydrogens is 270 g/mol. The Balaban J connectivity index is 1.75. The van der Waals surface area contributed by atoms with E-state index in [-0.39, 0.29) is 17.9 Å². The molecule has 1 aliphatic carbocycles. The van der Waals surface area contributed by atoms with Crippen LogP contribution in [0, 0.1) is 5.41 Å². The number of hydrogen-bond acceptors (Lipinski definition) is 3. The van der Waals surface area contributed by atoms with E-state index in [2.05, 4.69) is 5.32 Å². The number of hydrogen-bond donors (Lipinski definition) is 2. The number of carboxylic acids is 1. The molecule has 5 nitrogen and oxygen atoms in total. The molecule has 1 aliphatic heterocycles. The monoisotopic (exact) mass is 289 g/mol. The smallest absolute Gasteiger partial charge is 0.311 e. The molecule has 112 valence electrons. The van der Waals surface area contributed by atoms with Gasteiger partial charge in [-0.15, -0.1) is 0 Å². The van der Waals surface area contributed by atoms with E-state index in [4.69, 9.17) is 4.74 Å². The maximum atomic E-state index is 12.5. The maximum absolute atomic E-state index is 12.5. The van der Waals surface area contributed by atoms with E-state index in [0.717, 1.165) is 17.7 Å². The van der Waals surface area contributed by atoms with Gasteiger partial charge in [-0.3, -0.25) is 9.59 Å². The number of para-hydroxylation sites is 1. The Morgan fingerprint density at radius 1 is 1.38 bits per heavy atom. The van der Waals surface area contributed by atoms with Crippen LogP contribution in [0.25, 0.3) is 0 Å². The molecule has 1 fully saturated rings. The van der Waals surface area contributed by atoms with E-state index < -0.39 is 11.4 Å². The molecule has 1 heterocycles. The normalized spacial score (nSPS) is 30.5. The summed E-state index contributed by atoms with van der Waals surface area (Å²) in [5.74, 6) is -0.586. The van der Waals surface area contributed by atoms with Gasteiger partial charge in [0.25, 0.3) is 0 Å². The third-order valence-corrected chi connectivity index (χ3v) is 4.78. The first kappa shape index (κ1) is 13.9. The van der Waals surface area contributed by atoms with Gasteiger partial charge in [-0.25, -0.2) is 0 Å². The molecule has 1 aromatic rings. The molecule has 0 saturated heterocycles. The molecule has 3 unspecified atom stereocenters. The van der Waals surface area contributed by atoms with Crippen molar-refractivity contribution < 1.29 is 19.4 Å². The van der Waals surface area contributed by atoms with Gasteiger partial charge >= 0.3 is 5.97 Å². The highest BCUT2D eigenvalue weighted by Gasteiger charge is 2.46. The number of benzene rings is 1. The first-order chi connectivity index (χ1) is 10.0. The maximum Gasteiger partial charge on any atom is 0.311 e. The van der Waals surface area contributed by atoms with Crippen LogP contribution < -0.4 is 10.1 Å². The third-order valence-electron chi connectivity index (χ3n) is 4.78. The number of aliphatic carboxylic acids is 1. The Hall–Kier alpha value is -2.04. The minimum absolute atomic E-state index is 0.140. The van der Waals surface area contributed by atoms with Crippen molar-refractivity contribution in [2.24, 2.45) is 5.41 Å². The van der Waals surface area contributed by atoms with Crippen molar-refractivity contribution >= 4 is 11.9 Å². The fraction of sp³-hybridized carbons (Fsp3) is 0.500. The molecule has 21 heavy (non-hydrogen) atoms. The predicted octanol–water partition coefficient (Wildman–Crippen LogP) is 1.92. The summed E-state index contributed by atoms with van der Waals surface area (Å²) in [5, 5.41) is 12.3. The van der Waals surface area contributed by atoms with Crippen LogP contribution in [0.5, 0.6) is 5.75 Å². The average molecular weight is 289 g/mol. The van der Waals surface area contributed by atoms with Crippen LogP contribution in [0.2, 0.25) is 0 Å². The first-order valence-electron chi connectivity index (χ1n) is 7.28. The quantitative estimate of drug-likeness (QED) is 0.891. The third kappa shape index (κ3) is 2.26. The van der Waals surface area contributed by atoms with Gasteiger partial charge in [-0.2, -0.15) is 0 Å². The average Bonchev–Trinajstić information content (AvgIpc) is 3.04. The fourth-order valence-corrected chi connectivity index (χ4v) is 3.31. The predicted molar refractivity (Wildman–Crippen MR) is 76.2 cm³/mol. The highest BCUT2D eigenvalue weighted by Crippen LogP contribution is 2.39. The zero-order valence-electron chi connectivity index (χ0n) is 12.0. The summed E-state index contributed by atoms with van der Waals surface area (Å²) >= 11 is 0. The van der Waals surface area contributed by atoms with Gasteiger partial charge in [-0.05, 0) is 25.8 Å². The van der Waals surface area contributed by atoms with Gasteiger partial charge in [0.05, 0.1) is 5.41 Å². The summed E-state index contributed by atoms with van der Waals surface area (Å²) in [6.45, 7) is 2.04. The van der Waals surface area contributed by atoms with Crippen LogP contribution in [-0.4, -0.2) is 29.6 Å². The Bertz CT molecular complexity index is 585. The number of carbonyl (C=O) groups excluding carboxylic acids is 1. The van der Waals surface area contributed by atoms with Gasteiger partial charge in [0.15, 0.2) is 0 Å². The van der Waals surface area contributed by atoms with Crippen LogP contribution >= 0.6 is 0 Å². The summed E-state index contributed by atoms with van der Waals surface area (Å²) in [6.07, 6.45) is 2.14. The zero-order valence-corrected chi connectivity index (χ0v) is 12.0. The number of amides is 1. The van der Waals surface area contributed by atoms with Gasteiger partial charge in [0.2, 0.25) is 5.91 Å². The Labute approximate surface area is 123 Å². The number of carboxylic acid groups (broad SMARTS) is 1. The van der Waals surface area contributed by atoms with Crippen molar-refractivity contribution in [3.63, 3.8) is 0 Å². The molecule has 1 amide bonds. The molecule has 0 radical (unpaired) electrons. The minimum Gasteiger partial charge on any atom is -0.492 e. The highest BCUT2D eigenvalue weighted by atomic mass is 16.5. The Morgan fingerprint density at radius 2 is 2.14 bits per heavy atom. The van der Waals surface area contributed by atoms with Gasteiger partial charge in [0.1, 0.15) is 18.3 Å². The van der Waals surface area contributed by atoms with E-state index in [1.54, 1.807) is 6.92 Å². The lowest BCUT2D eigenvalue weighted by atomic mass is 9.84. The summed E-state index contributed by atoms with van der Waals surface area (Å²) in [7, 11) is 0. The summed E-state index contributed by atoms with van der Waals surface area (Å²) < 4.78 is 5.52. The Kier molecular flexibility index (Phi) is 3.35. The summed E-state index contributed by atoms with van der Waals surface area (Å²) in [4.78, 5) is 23.9. The molecule has 3 atom stereocenters. The fourth-order valence-electron chi connectivity index (χ4n) is 3.31. The molecular formula is C16H19NO4. The van der Waals surface area contributed by atoms with Crippen LogP contribution in [0.15, 0.2) is 24.3 Å². The van der Waals surface area contributed by atoms with Crippen molar-refractivity contribution in [3.05, 3.63) is 29.8 Å². The van der Waals surface area contributed by atoms with E-state index in [1.165, 1.54) is 0 Å². The highest BCUT2D eigenvalue weighted by molar-refractivity contribution is 5.87. The molecule has 0 spiro atoms. The SMILES string of the molecule is CC1(C(=O)O)CCCC1NC(=O)C1COc2ccccc21. The van der Waals surface area contributed by atoms with E-state index >= 15 is 0 Å². The summed E-state index contributed by atoms with van der Waals surface area (Å²) in [6, 6.07) is 7.18. The van der Waals surface area contributed by atoms with Gasteiger partial charge in [-0.1, -0.05) is 24.6 Å². The second kappa shape index (κ2) is 5.06. The molecule has 5 heteroatoms. The number of rotatable bonds is 3. The number of fused-ring (bicyclic) bond motifs is 1. The molecule has 3 rings (SSSR count). The second-order valence-corrected chi connectivity index (χ2v) is 6.08. The lowest BCUT2D eigenvalue weighted by Gasteiger charge is -2.28. The lowest BCUT2D eigenvalue weighted by molar-refractivity contribution is -0.149. The van der Waals surface area contributed by atoms with Crippen molar-refractivity contribution in [3.8, 4) is 5.75 Å². The van der Waals surface area contributed by atoms with Crippen LogP contribution in [0.1, 0.15) is 37.7 Å². The van der Waals surface area contributed by atoms with Crippen LogP contribution in [0.4, 0.5) is 0 Å². The largest absolute Gasteiger partial charge is 0.492 e. The topological polar surface area (TPSA) is 75.6 Å². The zero-order chi connectivity index (χ0) is 15.0. The molecule has 0 aromatic heterocycles. The Morgan fingerprint density at radius 3 is 2.90 bits per heavy atom.